The van der Waals surface area contributed by atoms with Crippen LogP contribution in [0.5, 0.6) is 0 Å². The standard InChI is InChI=1S/C10H10ClNO3S/c1-8(13)12-10-4-2-9(3-5-10)6-7-16(11,14)15/h2-7H,1H3,(H,12,13)/b7-6+. The molecule has 0 atom stereocenters. The Morgan fingerprint density at radius 1 is 1.31 bits per heavy atom. The highest BCUT2D eigenvalue weighted by molar-refractivity contribution is 8.16. The maximum atomic E-state index is 10.7. The molecule has 0 saturated heterocycles. The van der Waals surface area contributed by atoms with Crippen LogP contribution in [0.1, 0.15) is 12.5 Å². The van der Waals surface area contributed by atoms with Crippen molar-refractivity contribution in [1.29, 1.82) is 0 Å². The van der Waals surface area contributed by atoms with Crippen LogP contribution in [-0.4, -0.2) is 14.3 Å². The van der Waals surface area contributed by atoms with Gasteiger partial charge in [-0.05, 0) is 23.8 Å². The van der Waals surface area contributed by atoms with Gasteiger partial charge in [-0.2, -0.15) is 0 Å². The van der Waals surface area contributed by atoms with Crippen molar-refractivity contribution in [2.24, 2.45) is 0 Å². The van der Waals surface area contributed by atoms with Crippen molar-refractivity contribution in [1.82, 2.24) is 0 Å². The van der Waals surface area contributed by atoms with Crippen LogP contribution in [0.15, 0.2) is 29.7 Å². The fourth-order valence-corrected chi connectivity index (χ4v) is 1.51. The first-order valence-electron chi connectivity index (χ1n) is 4.37. The summed E-state index contributed by atoms with van der Waals surface area (Å²) in [5.41, 5.74) is 1.33. The molecular weight excluding hydrogens is 250 g/mol. The molecule has 0 aromatic heterocycles. The van der Waals surface area contributed by atoms with E-state index in [0.717, 1.165) is 5.41 Å². The van der Waals surface area contributed by atoms with E-state index in [9.17, 15) is 13.2 Å². The van der Waals surface area contributed by atoms with Crippen LogP contribution in [0, 0.1) is 0 Å². The molecule has 0 radical (unpaired) electrons. The number of amides is 1. The fourth-order valence-electron chi connectivity index (χ4n) is 1.04. The summed E-state index contributed by atoms with van der Waals surface area (Å²) in [4.78, 5) is 10.7. The zero-order valence-electron chi connectivity index (χ0n) is 8.48. The lowest BCUT2D eigenvalue weighted by atomic mass is 10.2. The Morgan fingerprint density at radius 3 is 2.31 bits per heavy atom. The highest BCUT2D eigenvalue weighted by Crippen LogP contribution is 2.12. The first-order chi connectivity index (χ1) is 7.37. The zero-order chi connectivity index (χ0) is 12.2. The van der Waals surface area contributed by atoms with Crippen molar-refractivity contribution in [3.05, 3.63) is 35.2 Å². The van der Waals surface area contributed by atoms with Crippen LogP contribution in [-0.2, 0) is 13.8 Å². The highest BCUT2D eigenvalue weighted by Gasteiger charge is 1.97. The lowest BCUT2D eigenvalue weighted by Gasteiger charge is -2.01. The Morgan fingerprint density at radius 2 is 1.88 bits per heavy atom. The smallest absolute Gasteiger partial charge is 0.254 e. The van der Waals surface area contributed by atoms with Gasteiger partial charge >= 0.3 is 0 Å². The van der Waals surface area contributed by atoms with Gasteiger partial charge in [-0.1, -0.05) is 12.1 Å². The second kappa shape index (κ2) is 5.14. The number of anilines is 1. The Kier molecular flexibility index (Phi) is 4.09. The fraction of sp³-hybridized carbons (Fsp3) is 0.100. The van der Waals surface area contributed by atoms with Gasteiger partial charge in [-0.25, -0.2) is 8.42 Å². The Bertz CT molecular complexity index is 505. The third kappa shape index (κ3) is 4.95. The lowest BCUT2D eigenvalue weighted by Crippen LogP contribution is -2.05. The molecule has 1 aromatic carbocycles. The van der Waals surface area contributed by atoms with Crippen LogP contribution in [0.4, 0.5) is 5.69 Å². The van der Waals surface area contributed by atoms with Gasteiger partial charge in [0.05, 0.1) is 0 Å². The average Bonchev–Trinajstić information content (AvgIpc) is 2.14. The number of halogens is 1. The molecule has 1 aromatic rings. The second-order valence-electron chi connectivity index (χ2n) is 3.08. The molecule has 86 valence electrons. The minimum Gasteiger partial charge on any atom is -0.326 e. The Hall–Kier alpha value is -1.33. The van der Waals surface area contributed by atoms with Crippen LogP contribution in [0.3, 0.4) is 0 Å². The number of hydrogen-bond donors (Lipinski definition) is 1. The summed E-state index contributed by atoms with van der Waals surface area (Å²) in [5, 5.41) is 3.50. The third-order valence-electron chi connectivity index (χ3n) is 1.65. The summed E-state index contributed by atoms with van der Waals surface area (Å²) in [5.74, 6) is -0.161. The van der Waals surface area contributed by atoms with Gasteiger partial charge in [0.25, 0.3) is 9.05 Å². The molecule has 1 amide bonds. The summed E-state index contributed by atoms with van der Waals surface area (Å²) < 4.78 is 21.3. The molecule has 0 fully saturated rings. The van der Waals surface area contributed by atoms with E-state index in [0.29, 0.717) is 11.3 Å². The maximum absolute atomic E-state index is 10.7. The molecular formula is C10H10ClNO3S. The highest BCUT2D eigenvalue weighted by atomic mass is 35.7. The quantitative estimate of drug-likeness (QED) is 0.847. The van der Waals surface area contributed by atoms with Gasteiger partial charge < -0.3 is 5.32 Å². The van der Waals surface area contributed by atoms with E-state index in [1.54, 1.807) is 24.3 Å². The molecule has 0 aliphatic heterocycles. The van der Waals surface area contributed by atoms with E-state index < -0.39 is 9.05 Å². The number of carbonyl (C=O) groups is 1. The minimum atomic E-state index is -3.63. The Balaban J connectivity index is 2.80. The normalized spacial score (nSPS) is 11.6. The van der Waals surface area contributed by atoms with E-state index in [4.69, 9.17) is 10.7 Å². The average molecular weight is 260 g/mol. The lowest BCUT2D eigenvalue weighted by molar-refractivity contribution is -0.114. The molecule has 16 heavy (non-hydrogen) atoms. The molecule has 0 heterocycles. The van der Waals surface area contributed by atoms with E-state index >= 15 is 0 Å². The predicted molar refractivity (Wildman–Crippen MR) is 64.6 cm³/mol. The number of benzene rings is 1. The molecule has 0 bridgehead atoms. The molecule has 0 spiro atoms. The van der Waals surface area contributed by atoms with E-state index in [2.05, 4.69) is 5.32 Å². The van der Waals surface area contributed by atoms with Crippen molar-refractivity contribution >= 4 is 37.4 Å². The van der Waals surface area contributed by atoms with Gasteiger partial charge in [-0.15, -0.1) is 0 Å². The molecule has 4 nitrogen and oxygen atoms in total. The van der Waals surface area contributed by atoms with Crippen molar-refractivity contribution in [2.75, 3.05) is 5.32 Å². The summed E-state index contributed by atoms with van der Waals surface area (Å²) in [6.45, 7) is 1.41. The van der Waals surface area contributed by atoms with Gasteiger partial charge in [-0.3, -0.25) is 4.79 Å². The minimum absolute atomic E-state index is 0.161. The topological polar surface area (TPSA) is 63.2 Å². The van der Waals surface area contributed by atoms with E-state index in [1.807, 2.05) is 0 Å². The van der Waals surface area contributed by atoms with E-state index in [1.165, 1.54) is 13.0 Å². The SMILES string of the molecule is CC(=O)Nc1ccc(/C=C/S(=O)(=O)Cl)cc1. The molecule has 0 unspecified atom stereocenters. The maximum Gasteiger partial charge on any atom is 0.254 e. The molecule has 1 N–H and O–H groups in total. The van der Waals surface area contributed by atoms with Gasteiger partial charge in [0, 0.05) is 28.7 Å². The van der Waals surface area contributed by atoms with E-state index in [-0.39, 0.29) is 5.91 Å². The summed E-state index contributed by atoms with van der Waals surface area (Å²) in [6, 6.07) is 6.68. The van der Waals surface area contributed by atoms with Gasteiger partial charge in [0.2, 0.25) is 5.91 Å². The van der Waals surface area contributed by atoms with Crippen LogP contribution < -0.4 is 5.32 Å². The van der Waals surface area contributed by atoms with Crippen LogP contribution in [0.2, 0.25) is 0 Å². The molecule has 6 heteroatoms. The molecule has 0 saturated carbocycles. The summed E-state index contributed by atoms with van der Waals surface area (Å²) in [7, 11) is 1.38. The predicted octanol–water partition coefficient (Wildman–Crippen LogP) is 2.18. The molecule has 0 aliphatic carbocycles. The van der Waals surface area contributed by atoms with Crippen LogP contribution >= 0.6 is 10.7 Å². The van der Waals surface area contributed by atoms with Crippen molar-refractivity contribution in [2.45, 2.75) is 6.92 Å². The number of hydrogen-bond acceptors (Lipinski definition) is 3. The Labute approximate surface area is 98.3 Å². The van der Waals surface area contributed by atoms with Crippen molar-refractivity contribution < 1.29 is 13.2 Å². The van der Waals surface area contributed by atoms with Crippen molar-refractivity contribution in [3.8, 4) is 0 Å². The third-order valence-corrected chi connectivity index (χ3v) is 2.42. The zero-order valence-corrected chi connectivity index (χ0v) is 10.0. The number of rotatable bonds is 3. The van der Waals surface area contributed by atoms with Crippen molar-refractivity contribution in [3.63, 3.8) is 0 Å². The second-order valence-corrected chi connectivity index (χ2v) is 5.60. The monoisotopic (exact) mass is 259 g/mol. The molecule has 0 aliphatic rings. The first kappa shape index (κ1) is 12.7. The molecule has 1 rings (SSSR count). The number of carbonyl (C=O) groups excluding carboxylic acids is 1. The summed E-state index contributed by atoms with van der Waals surface area (Å²) in [6.07, 6.45) is 1.37. The first-order valence-corrected chi connectivity index (χ1v) is 6.74. The number of nitrogens with one attached hydrogen (secondary N) is 1. The summed E-state index contributed by atoms with van der Waals surface area (Å²) >= 11 is 0. The van der Waals surface area contributed by atoms with Gasteiger partial charge in [0.15, 0.2) is 0 Å². The van der Waals surface area contributed by atoms with Gasteiger partial charge in [0.1, 0.15) is 0 Å². The van der Waals surface area contributed by atoms with Crippen LogP contribution in [0.25, 0.3) is 6.08 Å². The largest absolute Gasteiger partial charge is 0.326 e.